The summed E-state index contributed by atoms with van der Waals surface area (Å²) in [4.78, 5) is 14.0. The Balaban J connectivity index is 2.83. The summed E-state index contributed by atoms with van der Waals surface area (Å²) in [6.07, 6.45) is 9.23. The maximum Gasteiger partial charge on any atom is 0.283 e. The average molecular weight is 301 g/mol. The van der Waals surface area contributed by atoms with E-state index >= 15 is 0 Å². The topological polar surface area (TPSA) is 48.0 Å². The number of hydrogen-bond acceptors (Lipinski definition) is 4. The SMILES string of the molecule is C#CCOc1ccc(N(CC)C(=O)C(OC)OCC#C)cc1. The molecule has 0 saturated heterocycles. The van der Waals surface area contributed by atoms with Crippen LogP contribution < -0.4 is 9.64 Å². The van der Waals surface area contributed by atoms with E-state index in [-0.39, 0.29) is 19.1 Å². The number of benzene rings is 1. The molecule has 0 aliphatic rings. The summed E-state index contributed by atoms with van der Waals surface area (Å²) in [5.41, 5.74) is 0.701. The molecule has 1 amide bonds. The van der Waals surface area contributed by atoms with Gasteiger partial charge in [0.15, 0.2) is 0 Å². The van der Waals surface area contributed by atoms with E-state index in [0.29, 0.717) is 18.0 Å². The molecule has 0 saturated carbocycles. The molecule has 116 valence electrons. The molecule has 0 spiro atoms. The fourth-order valence-electron chi connectivity index (χ4n) is 1.80. The number of methoxy groups -OCH3 is 1. The van der Waals surface area contributed by atoms with Crippen molar-refractivity contribution < 1.29 is 19.0 Å². The van der Waals surface area contributed by atoms with Gasteiger partial charge in [0.05, 0.1) is 0 Å². The Morgan fingerprint density at radius 3 is 2.36 bits per heavy atom. The molecule has 0 aliphatic heterocycles. The van der Waals surface area contributed by atoms with E-state index < -0.39 is 6.29 Å². The van der Waals surface area contributed by atoms with Gasteiger partial charge in [-0.15, -0.1) is 12.8 Å². The van der Waals surface area contributed by atoms with Crippen LogP contribution in [0.2, 0.25) is 0 Å². The second-order valence-electron chi connectivity index (χ2n) is 4.15. The molecule has 1 rings (SSSR count). The third kappa shape index (κ3) is 4.82. The summed E-state index contributed by atoms with van der Waals surface area (Å²) in [6, 6.07) is 7.02. The van der Waals surface area contributed by atoms with Crippen molar-refractivity contribution in [3.05, 3.63) is 24.3 Å². The lowest BCUT2D eigenvalue weighted by Gasteiger charge is -2.25. The Morgan fingerprint density at radius 2 is 1.86 bits per heavy atom. The maximum absolute atomic E-state index is 12.4. The minimum Gasteiger partial charge on any atom is -0.481 e. The van der Waals surface area contributed by atoms with E-state index in [2.05, 4.69) is 11.8 Å². The van der Waals surface area contributed by atoms with Gasteiger partial charge in [-0.1, -0.05) is 11.8 Å². The summed E-state index contributed by atoms with van der Waals surface area (Å²) in [6.45, 7) is 2.51. The first-order valence-corrected chi connectivity index (χ1v) is 6.73. The summed E-state index contributed by atoms with van der Waals surface area (Å²) in [7, 11) is 1.39. The zero-order chi connectivity index (χ0) is 16.4. The molecule has 5 nitrogen and oxygen atoms in total. The molecule has 1 aromatic carbocycles. The lowest BCUT2D eigenvalue weighted by Crippen LogP contribution is -2.41. The molecule has 0 aromatic heterocycles. The minimum absolute atomic E-state index is 0.000662. The normalized spacial score (nSPS) is 11.1. The standard InChI is InChI=1S/C17H19NO4/c1-5-12-21-15-10-8-14(9-11-15)18(7-3)16(19)17(20-4)22-13-6-2/h1-2,8-11,17H,7,12-13H2,3-4H3. The fraction of sp³-hybridized carbons (Fsp3) is 0.353. The molecule has 1 aromatic rings. The van der Waals surface area contributed by atoms with E-state index in [1.165, 1.54) is 12.0 Å². The van der Waals surface area contributed by atoms with Crippen molar-refractivity contribution in [3.63, 3.8) is 0 Å². The monoisotopic (exact) mass is 301 g/mol. The first kappa shape index (κ1) is 17.6. The predicted octanol–water partition coefficient (Wildman–Crippen LogP) is 1.67. The van der Waals surface area contributed by atoms with Gasteiger partial charge < -0.3 is 19.1 Å². The number of ether oxygens (including phenoxy) is 3. The van der Waals surface area contributed by atoms with Gasteiger partial charge in [-0.25, -0.2) is 0 Å². The van der Waals surface area contributed by atoms with Gasteiger partial charge >= 0.3 is 0 Å². The highest BCUT2D eigenvalue weighted by molar-refractivity contribution is 5.95. The van der Waals surface area contributed by atoms with Crippen LogP contribution in [0.5, 0.6) is 5.75 Å². The van der Waals surface area contributed by atoms with Gasteiger partial charge in [-0.3, -0.25) is 4.79 Å². The highest BCUT2D eigenvalue weighted by Crippen LogP contribution is 2.20. The Bertz CT molecular complexity index is 554. The number of carbonyl (C=O) groups is 1. The molecular weight excluding hydrogens is 282 g/mol. The fourth-order valence-corrected chi connectivity index (χ4v) is 1.80. The second kappa shape index (κ2) is 9.46. The van der Waals surface area contributed by atoms with Crippen LogP contribution in [-0.4, -0.2) is 39.1 Å². The summed E-state index contributed by atoms with van der Waals surface area (Å²) in [5, 5.41) is 0. The number of nitrogens with zero attached hydrogens (tertiary/aromatic N) is 1. The molecule has 1 unspecified atom stereocenters. The van der Waals surface area contributed by atoms with Crippen LogP contribution in [0.4, 0.5) is 5.69 Å². The first-order chi connectivity index (χ1) is 10.7. The maximum atomic E-state index is 12.4. The van der Waals surface area contributed by atoms with Crippen molar-refractivity contribution in [1.82, 2.24) is 0 Å². The van der Waals surface area contributed by atoms with Gasteiger partial charge in [0.1, 0.15) is 19.0 Å². The number of rotatable bonds is 8. The van der Waals surface area contributed by atoms with Gasteiger partial charge in [0.25, 0.3) is 5.91 Å². The largest absolute Gasteiger partial charge is 0.481 e. The van der Waals surface area contributed by atoms with Crippen molar-refractivity contribution in [3.8, 4) is 30.4 Å². The highest BCUT2D eigenvalue weighted by atomic mass is 16.7. The van der Waals surface area contributed by atoms with Crippen LogP contribution >= 0.6 is 0 Å². The lowest BCUT2D eigenvalue weighted by atomic mass is 10.2. The Kier molecular flexibility index (Phi) is 7.56. The second-order valence-corrected chi connectivity index (χ2v) is 4.15. The molecule has 22 heavy (non-hydrogen) atoms. The van der Waals surface area contributed by atoms with Crippen molar-refractivity contribution in [2.24, 2.45) is 0 Å². The summed E-state index contributed by atoms with van der Waals surface area (Å²) in [5.74, 6) is 5.01. The molecule has 1 atom stereocenters. The van der Waals surface area contributed by atoms with Gasteiger partial charge in [0, 0.05) is 19.3 Å². The molecule has 0 N–H and O–H groups in total. The Morgan fingerprint density at radius 1 is 1.23 bits per heavy atom. The molecule has 0 heterocycles. The van der Waals surface area contributed by atoms with Crippen LogP contribution in [0.15, 0.2) is 24.3 Å². The zero-order valence-corrected chi connectivity index (χ0v) is 12.7. The Hall–Kier alpha value is -2.47. The Labute approximate surface area is 131 Å². The van der Waals surface area contributed by atoms with E-state index in [9.17, 15) is 4.79 Å². The number of hydrogen-bond donors (Lipinski definition) is 0. The smallest absolute Gasteiger partial charge is 0.283 e. The van der Waals surface area contributed by atoms with E-state index in [4.69, 9.17) is 27.1 Å². The van der Waals surface area contributed by atoms with E-state index in [1.54, 1.807) is 24.3 Å². The van der Waals surface area contributed by atoms with Crippen LogP contribution in [0.1, 0.15) is 6.92 Å². The number of carbonyl (C=O) groups excluding carboxylic acids is 1. The van der Waals surface area contributed by atoms with Crippen molar-refractivity contribution in [1.29, 1.82) is 0 Å². The van der Waals surface area contributed by atoms with Crippen LogP contribution in [0.3, 0.4) is 0 Å². The van der Waals surface area contributed by atoms with Crippen molar-refractivity contribution in [2.45, 2.75) is 13.2 Å². The molecule has 0 aliphatic carbocycles. The van der Waals surface area contributed by atoms with Crippen molar-refractivity contribution >= 4 is 11.6 Å². The van der Waals surface area contributed by atoms with E-state index in [0.717, 1.165) is 0 Å². The third-order valence-corrected chi connectivity index (χ3v) is 2.79. The molecule has 5 heteroatoms. The third-order valence-electron chi connectivity index (χ3n) is 2.79. The summed E-state index contributed by atoms with van der Waals surface area (Å²) < 4.78 is 15.5. The number of anilines is 1. The predicted molar refractivity (Wildman–Crippen MR) is 84.4 cm³/mol. The first-order valence-electron chi connectivity index (χ1n) is 6.73. The van der Waals surface area contributed by atoms with Gasteiger partial charge in [-0.05, 0) is 31.2 Å². The molecular formula is C17H19NO4. The molecule has 0 bridgehead atoms. The minimum atomic E-state index is -1.03. The number of terminal acetylenes is 2. The molecule has 0 fully saturated rings. The summed E-state index contributed by atoms with van der Waals surface area (Å²) >= 11 is 0. The van der Waals surface area contributed by atoms with Gasteiger partial charge in [-0.2, -0.15) is 0 Å². The van der Waals surface area contributed by atoms with E-state index in [1.807, 2.05) is 6.92 Å². The van der Waals surface area contributed by atoms with Crippen LogP contribution in [0.25, 0.3) is 0 Å². The highest BCUT2D eigenvalue weighted by Gasteiger charge is 2.25. The average Bonchev–Trinajstić information content (AvgIpc) is 2.55. The van der Waals surface area contributed by atoms with Crippen LogP contribution in [0, 0.1) is 24.7 Å². The zero-order valence-electron chi connectivity index (χ0n) is 12.7. The molecule has 0 radical (unpaired) electrons. The van der Waals surface area contributed by atoms with Crippen molar-refractivity contribution in [2.75, 3.05) is 31.8 Å². The lowest BCUT2D eigenvalue weighted by molar-refractivity contribution is -0.159. The van der Waals surface area contributed by atoms with Crippen LogP contribution in [-0.2, 0) is 14.3 Å². The van der Waals surface area contributed by atoms with Gasteiger partial charge in [0.2, 0.25) is 6.29 Å². The number of likely N-dealkylation sites (N-methyl/N-ethyl adjacent to an activating group) is 1. The number of amides is 1. The quantitative estimate of drug-likeness (QED) is 0.541.